The number of halogens is 1. The number of aliphatic hydroxyl groups is 1. The second kappa shape index (κ2) is 6.01. The maximum Gasteiger partial charge on any atom is 0.306 e. The summed E-state index contributed by atoms with van der Waals surface area (Å²) in [5.41, 5.74) is 0.969. The molecule has 4 heteroatoms. The zero-order chi connectivity index (χ0) is 12.1. The Morgan fingerprint density at radius 2 is 1.94 bits per heavy atom. The van der Waals surface area contributed by atoms with Crippen molar-refractivity contribution in [1.82, 2.24) is 0 Å². The molecule has 0 heterocycles. The van der Waals surface area contributed by atoms with Gasteiger partial charge in [-0.25, -0.2) is 0 Å². The van der Waals surface area contributed by atoms with Gasteiger partial charge in [-0.05, 0) is 37.5 Å². The number of aliphatic carboxylic acids is 1. The van der Waals surface area contributed by atoms with E-state index in [4.69, 9.17) is 5.11 Å². The van der Waals surface area contributed by atoms with Gasteiger partial charge in [-0.2, -0.15) is 0 Å². The number of hydrogen-bond donors (Lipinski definition) is 2. The molecule has 0 aliphatic carbocycles. The normalized spacial score (nSPS) is 14.4. The third-order valence-electron chi connectivity index (χ3n) is 2.37. The van der Waals surface area contributed by atoms with E-state index in [1.807, 2.05) is 24.3 Å². The molecule has 0 bridgehead atoms. The van der Waals surface area contributed by atoms with Crippen LogP contribution in [-0.2, 0) is 11.2 Å². The molecule has 1 rings (SSSR count). The Kier molecular flexibility index (Phi) is 4.96. The molecule has 0 fully saturated rings. The van der Waals surface area contributed by atoms with Crippen LogP contribution in [-0.4, -0.2) is 22.3 Å². The molecule has 1 aromatic rings. The number of carbonyl (C=O) groups is 1. The highest BCUT2D eigenvalue weighted by Crippen LogP contribution is 2.17. The van der Waals surface area contributed by atoms with Crippen LogP contribution < -0.4 is 0 Å². The Bertz CT molecular complexity index is 346. The Labute approximate surface area is 103 Å². The fourth-order valence-corrected chi connectivity index (χ4v) is 1.85. The first-order chi connectivity index (χ1) is 7.49. The van der Waals surface area contributed by atoms with Gasteiger partial charge in [0.25, 0.3) is 0 Å². The lowest BCUT2D eigenvalue weighted by atomic mass is 9.94. The smallest absolute Gasteiger partial charge is 0.306 e. The van der Waals surface area contributed by atoms with Crippen molar-refractivity contribution >= 4 is 21.9 Å². The van der Waals surface area contributed by atoms with E-state index in [9.17, 15) is 9.90 Å². The van der Waals surface area contributed by atoms with Crippen molar-refractivity contribution in [1.29, 1.82) is 0 Å². The quantitative estimate of drug-likeness (QED) is 0.874. The lowest BCUT2D eigenvalue weighted by Gasteiger charge is -2.14. The van der Waals surface area contributed by atoms with E-state index in [2.05, 4.69) is 15.9 Å². The first kappa shape index (κ1) is 13.2. The zero-order valence-corrected chi connectivity index (χ0v) is 10.6. The maximum atomic E-state index is 11.0. The van der Waals surface area contributed by atoms with Gasteiger partial charge in [-0.15, -0.1) is 0 Å². The highest BCUT2D eigenvalue weighted by Gasteiger charge is 2.19. The second-order valence-electron chi connectivity index (χ2n) is 3.95. The summed E-state index contributed by atoms with van der Waals surface area (Å²) in [6.45, 7) is 1.61. The summed E-state index contributed by atoms with van der Waals surface area (Å²) in [5.74, 6) is -1.38. The minimum Gasteiger partial charge on any atom is -0.481 e. The number of carboxylic acids is 1. The lowest BCUT2D eigenvalue weighted by molar-refractivity contribution is -0.142. The van der Waals surface area contributed by atoms with Crippen LogP contribution in [0.4, 0.5) is 0 Å². The van der Waals surface area contributed by atoms with Crippen LogP contribution in [0.1, 0.15) is 18.9 Å². The molecule has 1 aromatic carbocycles. The van der Waals surface area contributed by atoms with Crippen LogP contribution in [0.3, 0.4) is 0 Å². The van der Waals surface area contributed by atoms with E-state index in [-0.39, 0.29) is 6.42 Å². The van der Waals surface area contributed by atoms with Gasteiger partial charge in [-0.3, -0.25) is 4.79 Å². The monoisotopic (exact) mass is 286 g/mol. The minimum atomic E-state index is -0.858. The molecular weight excluding hydrogens is 272 g/mol. The first-order valence-corrected chi connectivity index (χ1v) is 5.93. The fourth-order valence-electron chi connectivity index (χ4n) is 1.59. The number of carboxylic acid groups (broad SMARTS) is 1. The highest BCUT2D eigenvalue weighted by atomic mass is 79.9. The Balaban J connectivity index is 2.68. The zero-order valence-electron chi connectivity index (χ0n) is 9.06. The van der Waals surface area contributed by atoms with Crippen molar-refractivity contribution in [2.24, 2.45) is 5.92 Å². The summed E-state index contributed by atoms with van der Waals surface area (Å²) in [6, 6.07) is 7.55. The molecule has 88 valence electrons. The predicted molar refractivity (Wildman–Crippen MR) is 65.3 cm³/mol. The minimum absolute atomic E-state index is 0.283. The number of benzene rings is 1. The molecule has 0 aliphatic rings. The van der Waals surface area contributed by atoms with Crippen molar-refractivity contribution in [3.8, 4) is 0 Å². The summed E-state index contributed by atoms with van der Waals surface area (Å²) in [5, 5.41) is 18.2. The Morgan fingerprint density at radius 3 is 2.38 bits per heavy atom. The van der Waals surface area contributed by atoms with Gasteiger partial charge >= 0.3 is 5.97 Å². The molecule has 0 spiro atoms. The molecule has 2 atom stereocenters. The van der Waals surface area contributed by atoms with Gasteiger partial charge in [0.1, 0.15) is 0 Å². The Hall–Kier alpha value is -0.870. The van der Waals surface area contributed by atoms with Gasteiger partial charge in [0.15, 0.2) is 0 Å². The van der Waals surface area contributed by atoms with Gasteiger partial charge in [0, 0.05) is 4.47 Å². The van der Waals surface area contributed by atoms with Crippen LogP contribution in [0.15, 0.2) is 28.7 Å². The van der Waals surface area contributed by atoms with Crippen molar-refractivity contribution in [2.45, 2.75) is 25.9 Å². The van der Waals surface area contributed by atoms with E-state index >= 15 is 0 Å². The SMILES string of the molecule is CC(O)CC(Cc1ccc(Br)cc1)C(=O)O. The standard InChI is InChI=1S/C12H15BrO3/c1-8(14)6-10(12(15)16)7-9-2-4-11(13)5-3-9/h2-5,8,10,14H,6-7H2,1H3,(H,15,16). The summed E-state index contributed by atoms with van der Waals surface area (Å²) in [7, 11) is 0. The average molecular weight is 287 g/mol. The lowest BCUT2D eigenvalue weighted by Crippen LogP contribution is -2.21. The third kappa shape index (κ3) is 4.33. The van der Waals surface area contributed by atoms with E-state index < -0.39 is 18.0 Å². The average Bonchev–Trinajstić information content (AvgIpc) is 2.19. The third-order valence-corrected chi connectivity index (χ3v) is 2.90. The van der Waals surface area contributed by atoms with Crippen LogP contribution >= 0.6 is 15.9 Å². The van der Waals surface area contributed by atoms with Crippen molar-refractivity contribution in [2.75, 3.05) is 0 Å². The summed E-state index contributed by atoms with van der Waals surface area (Å²) in [6.07, 6.45) is 0.149. The Morgan fingerprint density at radius 1 is 1.38 bits per heavy atom. The van der Waals surface area contributed by atoms with Crippen LogP contribution in [0.25, 0.3) is 0 Å². The molecular formula is C12H15BrO3. The van der Waals surface area contributed by atoms with Crippen molar-refractivity contribution in [3.05, 3.63) is 34.3 Å². The fraction of sp³-hybridized carbons (Fsp3) is 0.417. The summed E-state index contributed by atoms with van der Waals surface area (Å²) < 4.78 is 0.971. The van der Waals surface area contributed by atoms with Gasteiger partial charge < -0.3 is 10.2 Å². The molecule has 16 heavy (non-hydrogen) atoms. The van der Waals surface area contributed by atoms with Gasteiger partial charge in [0.05, 0.1) is 12.0 Å². The van der Waals surface area contributed by atoms with Crippen LogP contribution in [0.5, 0.6) is 0 Å². The first-order valence-electron chi connectivity index (χ1n) is 5.14. The number of aliphatic hydroxyl groups excluding tert-OH is 1. The van der Waals surface area contributed by atoms with Crippen LogP contribution in [0.2, 0.25) is 0 Å². The van der Waals surface area contributed by atoms with Gasteiger partial charge in [0.2, 0.25) is 0 Å². The predicted octanol–water partition coefficient (Wildman–Crippen LogP) is 2.46. The summed E-state index contributed by atoms with van der Waals surface area (Å²) >= 11 is 3.32. The largest absolute Gasteiger partial charge is 0.481 e. The van der Waals surface area contributed by atoms with Gasteiger partial charge in [-0.1, -0.05) is 28.1 Å². The topological polar surface area (TPSA) is 57.5 Å². The molecule has 3 nitrogen and oxygen atoms in total. The van der Waals surface area contributed by atoms with E-state index in [0.29, 0.717) is 6.42 Å². The molecule has 2 N–H and O–H groups in total. The molecule has 0 radical (unpaired) electrons. The van der Waals surface area contributed by atoms with E-state index in [1.165, 1.54) is 0 Å². The van der Waals surface area contributed by atoms with E-state index in [0.717, 1.165) is 10.0 Å². The van der Waals surface area contributed by atoms with Crippen LogP contribution in [0, 0.1) is 5.92 Å². The highest BCUT2D eigenvalue weighted by molar-refractivity contribution is 9.10. The molecule has 0 saturated carbocycles. The number of hydrogen-bond acceptors (Lipinski definition) is 2. The molecule has 0 amide bonds. The molecule has 0 saturated heterocycles. The van der Waals surface area contributed by atoms with Crippen molar-refractivity contribution < 1.29 is 15.0 Å². The second-order valence-corrected chi connectivity index (χ2v) is 4.87. The summed E-state index contributed by atoms with van der Waals surface area (Å²) in [4.78, 5) is 11.0. The molecule has 0 aromatic heterocycles. The molecule has 0 aliphatic heterocycles. The van der Waals surface area contributed by atoms with E-state index in [1.54, 1.807) is 6.92 Å². The van der Waals surface area contributed by atoms with Crippen molar-refractivity contribution in [3.63, 3.8) is 0 Å². The molecule has 2 unspecified atom stereocenters. The maximum absolute atomic E-state index is 11.0. The number of rotatable bonds is 5.